The van der Waals surface area contributed by atoms with Crippen molar-refractivity contribution in [2.75, 3.05) is 0 Å². The van der Waals surface area contributed by atoms with Gasteiger partial charge in [-0.25, -0.2) is 4.98 Å². The van der Waals surface area contributed by atoms with Crippen molar-refractivity contribution >= 4 is 0 Å². The van der Waals surface area contributed by atoms with Crippen molar-refractivity contribution in [3.63, 3.8) is 0 Å². The molecule has 0 amide bonds. The molecular formula is C23H17F3N2O4. The third kappa shape index (κ3) is 3.91. The van der Waals surface area contributed by atoms with Gasteiger partial charge in [0.25, 0.3) is 0 Å². The average Bonchev–Trinajstić information content (AvgIpc) is 3.18. The summed E-state index contributed by atoms with van der Waals surface area (Å²) in [4.78, 5) is 4.46. The minimum atomic E-state index is -4.84. The Morgan fingerprint density at radius 2 is 1.41 bits per heavy atom. The Morgan fingerprint density at radius 1 is 0.812 bits per heavy atom. The molecule has 0 saturated heterocycles. The summed E-state index contributed by atoms with van der Waals surface area (Å²) in [5.74, 6) is -0.0795. The number of aliphatic hydroxyl groups excluding tert-OH is 1. The maximum absolute atomic E-state index is 13.6. The van der Waals surface area contributed by atoms with Crippen molar-refractivity contribution in [1.29, 1.82) is 0 Å². The van der Waals surface area contributed by atoms with Gasteiger partial charge < -0.3 is 20.4 Å². The minimum absolute atomic E-state index is 0.0224. The summed E-state index contributed by atoms with van der Waals surface area (Å²) in [5, 5.41) is 39.2. The van der Waals surface area contributed by atoms with Gasteiger partial charge in [-0.2, -0.15) is 13.2 Å². The molecule has 0 aliphatic carbocycles. The molecule has 0 aliphatic rings. The van der Waals surface area contributed by atoms with Crippen LogP contribution in [-0.4, -0.2) is 30.0 Å². The van der Waals surface area contributed by atoms with Crippen molar-refractivity contribution < 1.29 is 33.6 Å². The van der Waals surface area contributed by atoms with Gasteiger partial charge in [0.05, 0.1) is 16.8 Å². The molecule has 0 bridgehead atoms. The highest BCUT2D eigenvalue weighted by atomic mass is 19.4. The average molecular weight is 442 g/mol. The second-order valence-electron chi connectivity index (χ2n) is 7.00. The van der Waals surface area contributed by atoms with Gasteiger partial charge in [0, 0.05) is 23.0 Å². The van der Waals surface area contributed by atoms with E-state index in [4.69, 9.17) is 0 Å². The number of benzene rings is 3. The van der Waals surface area contributed by atoms with Crippen LogP contribution in [-0.2, 0) is 6.18 Å². The Labute approximate surface area is 180 Å². The van der Waals surface area contributed by atoms with Gasteiger partial charge in [-0.15, -0.1) is 0 Å². The van der Waals surface area contributed by atoms with Crippen molar-refractivity contribution in [2.24, 2.45) is 0 Å². The second kappa shape index (κ2) is 8.03. The van der Waals surface area contributed by atoms with Crippen LogP contribution in [0.1, 0.15) is 17.4 Å². The van der Waals surface area contributed by atoms with Crippen LogP contribution in [0.3, 0.4) is 0 Å². The number of halogens is 3. The van der Waals surface area contributed by atoms with Gasteiger partial charge in [-0.05, 0) is 36.4 Å². The third-order valence-electron chi connectivity index (χ3n) is 4.93. The van der Waals surface area contributed by atoms with Gasteiger partial charge in [0.1, 0.15) is 17.3 Å². The zero-order valence-electron chi connectivity index (χ0n) is 16.3. The fourth-order valence-corrected chi connectivity index (χ4v) is 3.41. The molecule has 0 radical (unpaired) electrons. The van der Waals surface area contributed by atoms with Crippen LogP contribution in [0.15, 0.2) is 72.9 Å². The molecule has 4 aromatic rings. The molecule has 4 N–H and O–H groups in total. The standard InChI is InChI=1S/C23H17F3N2O4/c24-23(25,26)17-11-13(9-10-14(17)22(31)32)28-12-18(15-5-1-3-7-19(15)29)27-21(28)16-6-2-4-8-20(16)30/h1-12,22,29-32H. The number of imidazole rings is 1. The number of nitrogens with zero attached hydrogens (tertiary/aromatic N) is 2. The van der Waals surface area contributed by atoms with E-state index in [0.29, 0.717) is 5.56 Å². The fourth-order valence-electron chi connectivity index (χ4n) is 3.41. The van der Waals surface area contributed by atoms with Crippen LogP contribution < -0.4 is 0 Å². The molecule has 0 atom stereocenters. The number of aromatic nitrogens is 2. The van der Waals surface area contributed by atoms with E-state index >= 15 is 0 Å². The normalized spacial score (nSPS) is 11.8. The molecule has 32 heavy (non-hydrogen) atoms. The molecule has 164 valence electrons. The maximum atomic E-state index is 13.6. The first-order valence-electron chi connectivity index (χ1n) is 9.40. The van der Waals surface area contributed by atoms with Gasteiger partial charge in [0.2, 0.25) is 0 Å². The van der Waals surface area contributed by atoms with Gasteiger partial charge >= 0.3 is 6.18 Å². The Hall–Kier alpha value is -3.82. The number of rotatable bonds is 4. The highest BCUT2D eigenvalue weighted by Crippen LogP contribution is 2.38. The second-order valence-corrected chi connectivity index (χ2v) is 7.00. The molecule has 3 aromatic carbocycles. The van der Waals surface area contributed by atoms with E-state index in [1.54, 1.807) is 36.4 Å². The van der Waals surface area contributed by atoms with Crippen LogP contribution in [0.4, 0.5) is 13.2 Å². The molecular weight excluding hydrogens is 425 g/mol. The Bertz CT molecular complexity index is 1280. The van der Waals surface area contributed by atoms with E-state index in [0.717, 1.165) is 12.1 Å². The van der Waals surface area contributed by atoms with Gasteiger partial charge in [-0.1, -0.05) is 30.3 Å². The first kappa shape index (κ1) is 21.4. The molecule has 4 rings (SSSR count). The Kier molecular flexibility index (Phi) is 5.37. The first-order chi connectivity index (χ1) is 15.2. The number of alkyl halides is 3. The van der Waals surface area contributed by atoms with Crippen molar-refractivity contribution in [3.05, 3.63) is 84.1 Å². The van der Waals surface area contributed by atoms with E-state index < -0.39 is 23.6 Å². The summed E-state index contributed by atoms with van der Waals surface area (Å²) < 4.78 is 42.1. The maximum Gasteiger partial charge on any atom is 0.416 e. The van der Waals surface area contributed by atoms with E-state index in [1.807, 2.05) is 0 Å². The lowest BCUT2D eigenvalue weighted by atomic mass is 10.1. The molecule has 0 spiro atoms. The number of aliphatic hydroxyl groups is 2. The molecule has 0 unspecified atom stereocenters. The molecule has 1 heterocycles. The minimum Gasteiger partial charge on any atom is -0.507 e. The van der Waals surface area contributed by atoms with E-state index in [1.165, 1.54) is 29.0 Å². The highest BCUT2D eigenvalue weighted by Gasteiger charge is 2.35. The lowest BCUT2D eigenvalue weighted by Crippen LogP contribution is -2.13. The molecule has 0 fully saturated rings. The number of para-hydroxylation sites is 2. The van der Waals surface area contributed by atoms with E-state index in [9.17, 15) is 33.6 Å². The lowest BCUT2D eigenvalue weighted by Gasteiger charge is -2.17. The SMILES string of the molecule is Oc1ccccc1-c1cn(-c2ccc(C(O)O)c(C(F)(F)F)c2)c(-c2ccccc2O)n1. The molecule has 1 aromatic heterocycles. The topological polar surface area (TPSA) is 98.7 Å². The summed E-state index contributed by atoms with van der Waals surface area (Å²) in [6, 6.07) is 15.6. The summed E-state index contributed by atoms with van der Waals surface area (Å²) in [5.41, 5.74) is -1.01. The predicted octanol–water partition coefficient (Wildman–Crippen LogP) is 4.62. The summed E-state index contributed by atoms with van der Waals surface area (Å²) in [6.45, 7) is 0. The van der Waals surface area contributed by atoms with Crippen molar-refractivity contribution in [1.82, 2.24) is 9.55 Å². The molecule has 6 nitrogen and oxygen atoms in total. The number of aromatic hydroxyl groups is 2. The quantitative estimate of drug-likeness (QED) is 0.346. The van der Waals surface area contributed by atoms with Gasteiger partial charge in [0.15, 0.2) is 6.29 Å². The van der Waals surface area contributed by atoms with E-state index in [2.05, 4.69) is 4.98 Å². The van der Waals surface area contributed by atoms with Crippen molar-refractivity contribution in [2.45, 2.75) is 12.5 Å². The Balaban J connectivity index is 1.98. The zero-order valence-corrected chi connectivity index (χ0v) is 16.3. The number of phenolic OH excluding ortho intramolecular Hbond substituents is 2. The molecule has 0 aliphatic heterocycles. The monoisotopic (exact) mass is 442 g/mol. The highest BCUT2D eigenvalue weighted by molar-refractivity contribution is 5.73. The van der Waals surface area contributed by atoms with Crippen LogP contribution in [0.5, 0.6) is 11.5 Å². The van der Waals surface area contributed by atoms with E-state index in [-0.39, 0.29) is 34.3 Å². The van der Waals surface area contributed by atoms with Crippen LogP contribution in [0, 0.1) is 0 Å². The molecule has 0 saturated carbocycles. The smallest absolute Gasteiger partial charge is 0.416 e. The van der Waals surface area contributed by atoms with Crippen molar-refractivity contribution in [3.8, 4) is 39.8 Å². The number of hydrogen-bond donors (Lipinski definition) is 4. The molecule has 9 heteroatoms. The zero-order chi connectivity index (χ0) is 23.0. The first-order valence-corrected chi connectivity index (χ1v) is 9.40. The predicted molar refractivity (Wildman–Crippen MR) is 110 cm³/mol. The largest absolute Gasteiger partial charge is 0.507 e. The summed E-state index contributed by atoms with van der Waals surface area (Å²) in [6.07, 6.45) is -5.72. The summed E-state index contributed by atoms with van der Waals surface area (Å²) >= 11 is 0. The lowest BCUT2D eigenvalue weighted by molar-refractivity contribution is -0.142. The third-order valence-corrected chi connectivity index (χ3v) is 4.93. The fraction of sp³-hybridized carbons (Fsp3) is 0.0870. The summed E-state index contributed by atoms with van der Waals surface area (Å²) in [7, 11) is 0. The van der Waals surface area contributed by atoms with Crippen LogP contribution >= 0.6 is 0 Å². The van der Waals surface area contributed by atoms with Crippen LogP contribution in [0.25, 0.3) is 28.3 Å². The number of hydrogen-bond acceptors (Lipinski definition) is 5. The Morgan fingerprint density at radius 3 is 1.97 bits per heavy atom. The number of phenols is 2. The van der Waals surface area contributed by atoms with Gasteiger partial charge in [-0.3, -0.25) is 4.57 Å². The van der Waals surface area contributed by atoms with Crippen LogP contribution in [0.2, 0.25) is 0 Å².